The molecule has 15 heavy (non-hydrogen) atoms. The molecule has 4 nitrogen and oxygen atoms in total. The summed E-state index contributed by atoms with van der Waals surface area (Å²) in [7, 11) is 1.93. The van der Waals surface area contributed by atoms with Crippen LogP contribution < -0.4 is 0 Å². The van der Waals surface area contributed by atoms with Gasteiger partial charge in [-0.3, -0.25) is 9.48 Å². The molecule has 2 rings (SSSR count). The fourth-order valence-corrected chi connectivity index (χ4v) is 1.56. The lowest BCUT2D eigenvalue weighted by atomic mass is 10.3. The highest BCUT2D eigenvalue weighted by Gasteiger charge is 1.99. The molecule has 0 radical (unpaired) electrons. The lowest BCUT2D eigenvalue weighted by molar-refractivity contribution is 0.112. The molecule has 0 aliphatic carbocycles. The minimum absolute atomic E-state index is 0.722. The third-order valence-corrected chi connectivity index (χ3v) is 2.46. The third kappa shape index (κ3) is 2.15. The zero-order valence-electron chi connectivity index (χ0n) is 8.63. The highest BCUT2D eigenvalue weighted by Crippen LogP contribution is 2.02. The first kappa shape index (κ1) is 9.71. The van der Waals surface area contributed by atoms with Gasteiger partial charge < -0.3 is 4.57 Å². The second-order valence-corrected chi connectivity index (χ2v) is 3.50. The number of aryl methyl sites for hydroxylation is 3. The number of nitrogens with zero attached hydrogens (tertiary/aromatic N) is 3. The van der Waals surface area contributed by atoms with E-state index in [4.69, 9.17) is 0 Å². The van der Waals surface area contributed by atoms with Crippen LogP contribution in [0.2, 0.25) is 0 Å². The van der Waals surface area contributed by atoms with Gasteiger partial charge in [-0.15, -0.1) is 0 Å². The van der Waals surface area contributed by atoms with Crippen LogP contribution in [0.4, 0.5) is 0 Å². The standard InChI is InChI=1S/C11H13N3O/c1-13-11(2-5-12-13)4-7-14-6-3-10(8-14)9-15/h2-3,5-6,8-9H,4,7H2,1H3. The average molecular weight is 203 g/mol. The SMILES string of the molecule is Cn1nccc1CCn1ccc(C=O)c1. The van der Waals surface area contributed by atoms with Gasteiger partial charge >= 0.3 is 0 Å². The molecule has 0 aliphatic rings. The molecule has 2 heterocycles. The Bertz CT molecular complexity index is 456. The molecule has 0 unspecified atom stereocenters. The maximum Gasteiger partial charge on any atom is 0.151 e. The van der Waals surface area contributed by atoms with Gasteiger partial charge in [-0.2, -0.15) is 5.10 Å². The molecule has 4 heteroatoms. The second kappa shape index (κ2) is 4.13. The summed E-state index contributed by atoms with van der Waals surface area (Å²) in [6.45, 7) is 0.868. The molecule has 0 fully saturated rings. The van der Waals surface area contributed by atoms with Gasteiger partial charge in [0.25, 0.3) is 0 Å². The van der Waals surface area contributed by atoms with Crippen molar-refractivity contribution in [3.8, 4) is 0 Å². The number of rotatable bonds is 4. The summed E-state index contributed by atoms with van der Waals surface area (Å²) in [6, 6.07) is 3.82. The third-order valence-electron chi connectivity index (χ3n) is 2.46. The number of carbonyl (C=O) groups excluding carboxylic acids is 1. The fraction of sp³-hybridized carbons (Fsp3) is 0.273. The summed E-state index contributed by atoms with van der Waals surface area (Å²) in [5, 5.41) is 4.10. The van der Waals surface area contributed by atoms with Crippen LogP contribution in [0.1, 0.15) is 16.1 Å². The topological polar surface area (TPSA) is 39.8 Å². The van der Waals surface area contributed by atoms with Crippen molar-refractivity contribution in [3.63, 3.8) is 0 Å². The Kier molecular flexibility index (Phi) is 2.67. The molecule has 0 atom stereocenters. The maximum atomic E-state index is 10.5. The van der Waals surface area contributed by atoms with Gasteiger partial charge in [0.1, 0.15) is 0 Å². The Labute approximate surface area is 88.1 Å². The van der Waals surface area contributed by atoms with E-state index in [1.807, 2.05) is 40.8 Å². The molecule has 0 saturated heterocycles. The molecule has 0 saturated carbocycles. The molecule has 0 N–H and O–H groups in total. The van der Waals surface area contributed by atoms with Crippen LogP contribution >= 0.6 is 0 Å². The lowest BCUT2D eigenvalue weighted by Gasteiger charge is -2.03. The largest absolute Gasteiger partial charge is 0.353 e. The van der Waals surface area contributed by atoms with Crippen molar-refractivity contribution in [1.82, 2.24) is 14.3 Å². The van der Waals surface area contributed by atoms with Crippen LogP contribution in [0, 0.1) is 0 Å². The summed E-state index contributed by atoms with van der Waals surface area (Å²) in [5.74, 6) is 0. The minimum Gasteiger partial charge on any atom is -0.353 e. The van der Waals surface area contributed by atoms with Crippen molar-refractivity contribution in [2.24, 2.45) is 7.05 Å². The quantitative estimate of drug-likeness (QED) is 0.702. The normalized spacial score (nSPS) is 10.5. The second-order valence-electron chi connectivity index (χ2n) is 3.50. The van der Waals surface area contributed by atoms with Crippen molar-refractivity contribution < 1.29 is 4.79 Å². The summed E-state index contributed by atoms with van der Waals surface area (Å²) >= 11 is 0. The number of hydrogen-bond donors (Lipinski definition) is 0. The molecule has 0 amide bonds. The van der Waals surface area contributed by atoms with Crippen molar-refractivity contribution in [3.05, 3.63) is 42.0 Å². The van der Waals surface area contributed by atoms with E-state index in [1.165, 1.54) is 5.69 Å². The first-order valence-electron chi connectivity index (χ1n) is 4.87. The van der Waals surface area contributed by atoms with E-state index in [9.17, 15) is 4.79 Å². The fourth-order valence-electron chi connectivity index (χ4n) is 1.56. The van der Waals surface area contributed by atoms with Crippen LogP contribution in [0.15, 0.2) is 30.7 Å². The first-order valence-corrected chi connectivity index (χ1v) is 4.87. The van der Waals surface area contributed by atoms with Gasteiger partial charge in [-0.1, -0.05) is 0 Å². The van der Waals surface area contributed by atoms with Gasteiger partial charge in [0, 0.05) is 49.9 Å². The summed E-state index contributed by atoms with van der Waals surface area (Å²) in [6.07, 6.45) is 7.34. The Morgan fingerprint density at radius 3 is 2.93 bits per heavy atom. The molecule has 2 aromatic heterocycles. The van der Waals surface area contributed by atoms with Crippen LogP contribution in [0.3, 0.4) is 0 Å². The highest BCUT2D eigenvalue weighted by atomic mass is 16.1. The van der Waals surface area contributed by atoms with E-state index >= 15 is 0 Å². The van der Waals surface area contributed by atoms with Crippen molar-refractivity contribution >= 4 is 6.29 Å². The molecule has 2 aromatic rings. The Morgan fingerprint density at radius 2 is 2.33 bits per heavy atom. The zero-order valence-corrected chi connectivity index (χ0v) is 8.63. The number of aromatic nitrogens is 3. The number of aldehydes is 1. The molecule has 0 bridgehead atoms. The van der Waals surface area contributed by atoms with Crippen LogP contribution in [0.25, 0.3) is 0 Å². The minimum atomic E-state index is 0.722. The Balaban J connectivity index is 1.99. The molecule has 0 spiro atoms. The Hall–Kier alpha value is -1.84. The highest BCUT2D eigenvalue weighted by molar-refractivity contribution is 5.74. The van der Waals surface area contributed by atoms with Gasteiger partial charge in [0.2, 0.25) is 0 Å². The maximum absolute atomic E-state index is 10.5. The van der Waals surface area contributed by atoms with Crippen molar-refractivity contribution in [2.75, 3.05) is 0 Å². The molecular weight excluding hydrogens is 190 g/mol. The van der Waals surface area contributed by atoms with Crippen LogP contribution in [0.5, 0.6) is 0 Å². The predicted octanol–water partition coefficient (Wildman–Crippen LogP) is 1.28. The average Bonchev–Trinajstić information content (AvgIpc) is 2.84. The zero-order chi connectivity index (χ0) is 10.7. The molecule has 0 aromatic carbocycles. The molecule has 0 aliphatic heterocycles. The molecule has 78 valence electrons. The number of hydrogen-bond acceptors (Lipinski definition) is 2. The number of carbonyl (C=O) groups is 1. The summed E-state index contributed by atoms with van der Waals surface area (Å²) in [5.41, 5.74) is 1.91. The first-order chi connectivity index (χ1) is 7.29. The predicted molar refractivity (Wildman–Crippen MR) is 56.7 cm³/mol. The summed E-state index contributed by atoms with van der Waals surface area (Å²) < 4.78 is 3.88. The van der Waals surface area contributed by atoms with E-state index in [0.717, 1.165) is 24.8 Å². The van der Waals surface area contributed by atoms with E-state index in [-0.39, 0.29) is 0 Å². The van der Waals surface area contributed by atoms with Crippen LogP contribution in [-0.2, 0) is 20.0 Å². The van der Waals surface area contributed by atoms with E-state index < -0.39 is 0 Å². The van der Waals surface area contributed by atoms with Gasteiger partial charge in [-0.05, 0) is 12.1 Å². The van der Waals surface area contributed by atoms with E-state index in [2.05, 4.69) is 5.10 Å². The van der Waals surface area contributed by atoms with E-state index in [1.54, 1.807) is 6.20 Å². The smallest absolute Gasteiger partial charge is 0.151 e. The van der Waals surface area contributed by atoms with Crippen LogP contribution in [-0.4, -0.2) is 20.6 Å². The molecular formula is C11H13N3O. The van der Waals surface area contributed by atoms with Crippen molar-refractivity contribution in [2.45, 2.75) is 13.0 Å². The summed E-state index contributed by atoms with van der Waals surface area (Å²) in [4.78, 5) is 10.5. The van der Waals surface area contributed by atoms with Gasteiger partial charge in [-0.25, -0.2) is 0 Å². The van der Waals surface area contributed by atoms with Gasteiger partial charge in [0.05, 0.1) is 0 Å². The monoisotopic (exact) mass is 203 g/mol. The Morgan fingerprint density at radius 1 is 1.47 bits per heavy atom. The van der Waals surface area contributed by atoms with Crippen molar-refractivity contribution in [1.29, 1.82) is 0 Å². The lowest BCUT2D eigenvalue weighted by Crippen LogP contribution is -2.03. The van der Waals surface area contributed by atoms with Gasteiger partial charge in [0.15, 0.2) is 6.29 Å². The van der Waals surface area contributed by atoms with E-state index in [0.29, 0.717) is 0 Å².